The van der Waals surface area contributed by atoms with Crippen molar-refractivity contribution in [2.45, 2.75) is 18.9 Å². The minimum absolute atomic E-state index is 0. The maximum absolute atomic E-state index is 6.40. The minimum atomic E-state index is 0. The van der Waals surface area contributed by atoms with Gasteiger partial charge in [0.1, 0.15) is 6.10 Å². The third-order valence-electron chi connectivity index (χ3n) is 6.14. The van der Waals surface area contributed by atoms with E-state index in [1.807, 2.05) is 0 Å². The second-order valence-corrected chi connectivity index (χ2v) is 8.34. The van der Waals surface area contributed by atoms with E-state index in [0.717, 1.165) is 39.3 Å². The molecular formula is C28H36Cl2N2O. The van der Waals surface area contributed by atoms with Gasteiger partial charge in [-0.1, -0.05) is 91.0 Å². The minimum Gasteiger partial charge on any atom is -0.367 e. The lowest BCUT2D eigenvalue weighted by Gasteiger charge is -2.35. The number of benzene rings is 3. The van der Waals surface area contributed by atoms with Crippen molar-refractivity contribution in [2.75, 3.05) is 45.9 Å². The van der Waals surface area contributed by atoms with Crippen molar-refractivity contribution in [1.29, 1.82) is 0 Å². The predicted molar refractivity (Wildman–Crippen MR) is 143 cm³/mol. The van der Waals surface area contributed by atoms with Crippen LogP contribution in [0.25, 0.3) is 0 Å². The Morgan fingerprint density at radius 2 is 1.06 bits per heavy atom. The zero-order chi connectivity index (χ0) is 21.1. The molecule has 0 aromatic heterocycles. The van der Waals surface area contributed by atoms with Crippen molar-refractivity contribution in [2.24, 2.45) is 0 Å². The Hall–Kier alpha value is -1.88. The fourth-order valence-electron chi connectivity index (χ4n) is 4.33. The fourth-order valence-corrected chi connectivity index (χ4v) is 4.33. The quantitative estimate of drug-likeness (QED) is 0.355. The van der Waals surface area contributed by atoms with E-state index in [9.17, 15) is 0 Å². The van der Waals surface area contributed by atoms with Crippen molar-refractivity contribution < 1.29 is 4.74 Å². The molecule has 0 radical (unpaired) electrons. The zero-order valence-electron chi connectivity index (χ0n) is 19.2. The van der Waals surface area contributed by atoms with Crippen molar-refractivity contribution in [3.63, 3.8) is 0 Å². The lowest BCUT2D eigenvalue weighted by Crippen LogP contribution is -2.47. The Morgan fingerprint density at radius 1 is 0.606 bits per heavy atom. The maximum Gasteiger partial charge on any atom is 0.108 e. The molecule has 0 bridgehead atoms. The average Bonchev–Trinajstić information content (AvgIpc) is 2.85. The van der Waals surface area contributed by atoms with E-state index >= 15 is 0 Å². The number of hydrogen-bond donors (Lipinski definition) is 0. The van der Waals surface area contributed by atoms with Crippen LogP contribution in [0.1, 0.15) is 29.2 Å². The highest BCUT2D eigenvalue weighted by Gasteiger charge is 2.18. The van der Waals surface area contributed by atoms with E-state index in [1.165, 1.54) is 36.1 Å². The van der Waals surface area contributed by atoms with Crippen LogP contribution in [0.5, 0.6) is 0 Å². The molecule has 3 nitrogen and oxygen atoms in total. The standard InChI is InChI=1S/C28H34N2O.2ClH/c1-4-11-25(12-5-1)13-10-18-29-19-21-30(22-20-29)23-24-31-28(26-14-6-2-7-15-26)27-16-8-3-9-17-27;;/h1-9,11-12,14-17,28H,10,13,18-24H2;2*1H. The van der Waals surface area contributed by atoms with Gasteiger partial charge in [0, 0.05) is 32.7 Å². The largest absolute Gasteiger partial charge is 0.367 e. The molecule has 178 valence electrons. The highest BCUT2D eigenvalue weighted by Crippen LogP contribution is 2.25. The fraction of sp³-hybridized carbons (Fsp3) is 0.357. The summed E-state index contributed by atoms with van der Waals surface area (Å²) < 4.78 is 6.40. The molecule has 1 aliphatic heterocycles. The van der Waals surface area contributed by atoms with Gasteiger partial charge in [-0.05, 0) is 36.1 Å². The summed E-state index contributed by atoms with van der Waals surface area (Å²) >= 11 is 0. The van der Waals surface area contributed by atoms with Crippen LogP contribution >= 0.6 is 24.8 Å². The molecule has 5 heteroatoms. The highest BCUT2D eigenvalue weighted by atomic mass is 35.5. The summed E-state index contributed by atoms with van der Waals surface area (Å²) in [6, 6.07) is 31.9. The Labute approximate surface area is 211 Å². The van der Waals surface area contributed by atoms with Gasteiger partial charge >= 0.3 is 0 Å². The van der Waals surface area contributed by atoms with Gasteiger partial charge in [0.05, 0.1) is 6.61 Å². The number of nitrogens with zero attached hydrogens (tertiary/aromatic N) is 2. The Balaban J connectivity index is 0.00000193. The molecule has 4 rings (SSSR count). The molecule has 0 spiro atoms. The number of aryl methyl sites for hydroxylation is 1. The molecule has 0 aliphatic carbocycles. The third kappa shape index (κ3) is 8.77. The number of hydrogen-bond acceptors (Lipinski definition) is 3. The van der Waals surface area contributed by atoms with E-state index in [4.69, 9.17) is 4.74 Å². The van der Waals surface area contributed by atoms with E-state index in [2.05, 4.69) is 101 Å². The van der Waals surface area contributed by atoms with Crippen molar-refractivity contribution in [3.8, 4) is 0 Å². The summed E-state index contributed by atoms with van der Waals surface area (Å²) in [4.78, 5) is 5.15. The van der Waals surface area contributed by atoms with Gasteiger partial charge < -0.3 is 9.64 Å². The van der Waals surface area contributed by atoms with Crippen LogP contribution in [0.2, 0.25) is 0 Å². The number of rotatable bonds is 10. The van der Waals surface area contributed by atoms with Gasteiger partial charge in [-0.3, -0.25) is 4.90 Å². The molecular weight excluding hydrogens is 451 g/mol. The molecule has 1 heterocycles. The number of piperazine rings is 1. The molecule has 0 unspecified atom stereocenters. The normalized spacial score (nSPS) is 14.5. The monoisotopic (exact) mass is 486 g/mol. The van der Waals surface area contributed by atoms with Crippen molar-refractivity contribution in [3.05, 3.63) is 108 Å². The van der Waals surface area contributed by atoms with Gasteiger partial charge in [-0.2, -0.15) is 0 Å². The number of halogens is 2. The molecule has 3 aromatic carbocycles. The summed E-state index contributed by atoms with van der Waals surface area (Å²) in [7, 11) is 0. The first-order valence-electron chi connectivity index (χ1n) is 11.6. The summed E-state index contributed by atoms with van der Waals surface area (Å²) in [5.41, 5.74) is 3.89. The average molecular weight is 488 g/mol. The van der Waals surface area contributed by atoms with Gasteiger partial charge in [-0.15, -0.1) is 24.8 Å². The van der Waals surface area contributed by atoms with E-state index in [1.54, 1.807) is 0 Å². The lowest BCUT2D eigenvalue weighted by atomic mass is 10.0. The smallest absolute Gasteiger partial charge is 0.108 e. The molecule has 3 aromatic rings. The summed E-state index contributed by atoms with van der Waals surface area (Å²) in [5, 5.41) is 0. The maximum atomic E-state index is 6.40. The summed E-state index contributed by atoms with van der Waals surface area (Å²) in [6.45, 7) is 7.54. The molecule has 1 aliphatic rings. The topological polar surface area (TPSA) is 15.7 Å². The van der Waals surface area contributed by atoms with Crippen LogP contribution in [0, 0.1) is 0 Å². The van der Waals surface area contributed by atoms with Gasteiger partial charge in [0.15, 0.2) is 0 Å². The van der Waals surface area contributed by atoms with Crippen LogP contribution in [-0.2, 0) is 11.2 Å². The zero-order valence-corrected chi connectivity index (χ0v) is 20.9. The van der Waals surface area contributed by atoms with Crippen molar-refractivity contribution in [1.82, 2.24) is 9.80 Å². The second-order valence-electron chi connectivity index (χ2n) is 8.34. The van der Waals surface area contributed by atoms with Crippen LogP contribution in [0.3, 0.4) is 0 Å². The van der Waals surface area contributed by atoms with Crippen LogP contribution in [0.15, 0.2) is 91.0 Å². The predicted octanol–water partition coefficient (Wildman–Crippen LogP) is 5.89. The lowest BCUT2D eigenvalue weighted by molar-refractivity contribution is 0.0451. The first-order chi connectivity index (χ1) is 15.4. The summed E-state index contributed by atoms with van der Waals surface area (Å²) in [6.07, 6.45) is 2.42. The first-order valence-corrected chi connectivity index (χ1v) is 11.6. The van der Waals surface area contributed by atoms with Crippen molar-refractivity contribution >= 4 is 24.8 Å². The van der Waals surface area contributed by atoms with Gasteiger partial charge in [0.2, 0.25) is 0 Å². The SMILES string of the molecule is Cl.Cl.c1ccc(CCCN2CCN(CCOC(c3ccccc3)c3ccccc3)CC2)cc1. The molecule has 1 saturated heterocycles. The highest BCUT2D eigenvalue weighted by molar-refractivity contribution is 5.85. The van der Waals surface area contributed by atoms with Crippen LogP contribution in [0.4, 0.5) is 0 Å². The number of ether oxygens (including phenoxy) is 1. The van der Waals surface area contributed by atoms with Gasteiger partial charge in [0.25, 0.3) is 0 Å². The molecule has 0 N–H and O–H groups in total. The summed E-state index contributed by atoms with van der Waals surface area (Å²) in [5.74, 6) is 0. The van der Waals surface area contributed by atoms with Gasteiger partial charge in [-0.25, -0.2) is 0 Å². The third-order valence-corrected chi connectivity index (χ3v) is 6.14. The molecule has 0 atom stereocenters. The Morgan fingerprint density at radius 3 is 1.58 bits per heavy atom. The Kier molecular flexibility index (Phi) is 12.5. The molecule has 33 heavy (non-hydrogen) atoms. The molecule has 1 fully saturated rings. The van der Waals surface area contributed by atoms with E-state index < -0.39 is 0 Å². The van der Waals surface area contributed by atoms with E-state index in [0.29, 0.717) is 0 Å². The van der Waals surface area contributed by atoms with Crippen LogP contribution in [-0.4, -0.2) is 55.7 Å². The second kappa shape index (κ2) is 15.1. The van der Waals surface area contributed by atoms with E-state index in [-0.39, 0.29) is 30.9 Å². The van der Waals surface area contributed by atoms with Crippen LogP contribution < -0.4 is 0 Å². The first kappa shape index (κ1) is 27.4. The molecule has 0 amide bonds. The molecule has 0 saturated carbocycles. The Bertz CT molecular complexity index is 833.